The van der Waals surface area contributed by atoms with Crippen molar-refractivity contribution >= 4 is 5.91 Å². The van der Waals surface area contributed by atoms with Gasteiger partial charge in [0.05, 0.1) is 13.2 Å². The van der Waals surface area contributed by atoms with E-state index in [-0.39, 0.29) is 18.6 Å². The zero-order chi connectivity index (χ0) is 11.4. The molecule has 0 aromatic carbocycles. The normalized spacial score (nSPS) is 27.3. The first-order chi connectivity index (χ1) is 7.81. The van der Waals surface area contributed by atoms with E-state index in [2.05, 4.69) is 10.2 Å². The van der Waals surface area contributed by atoms with Crippen molar-refractivity contribution in [3.8, 4) is 0 Å². The van der Waals surface area contributed by atoms with Crippen molar-refractivity contribution in [2.45, 2.75) is 18.9 Å². The van der Waals surface area contributed by atoms with Crippen LogP contribution < -0.4 is 5.32 Å². The van der Waals surface area contributed by atoms with Gasteiger partial charge >= 0.3 is 0 Å². The lowest BCUT2D eigenvalue weighted by atomic mass is 10.2. The van der Waals surface area contributed by atoms with Crippen LogP contribution >= 0.6 is 0 Å². The number of piperazine rings is 1. The Kier molecular flexibility index (Phi) is 4.15. The number of likely N-dealkylation sites (tertiary alicyclic amines) is 1. The highest BCUT2D eigenvalue weighted by molar-refractivity contribution is 5.78. The highest BCUT2D eigenvalue weighted by atomic mass is 16.3. The molecule has 2 aliphatic rings. The molecule has 16 heavy (non-hydrogen) atoms. The zero-order valence-electron chi connectivity index (χ0n) is 9.69. The van der Waals surface area contributed by atoms with Gasteiger partial charge in [0.1, 0.15) is 0 Å². The van der Waals surface area contributed by atoms with Crippen molar-refractivity contribution in [2.24, 2.45) is 0 Å². The monoisotopic (exact) mass is 227 g/mol. The Labute approximate surface area is 96.4 Å². The van der Waals surface area contributed by atoms with Gasteiger partial charge in [0.2, 0.25) is 5.91 Å². The Bertz CT molecular complexity index is 241. The highest BCUT2D eigenvalue weighted by Crippen LogP contribution is 2.16. The standard InChI is InChI=1S/C11H21N3O2/c15-9-10-2-1-5-14(10)8-11(16)13-6-3-12-4-7-13/h10,12,15H,1-9H2. The third-order valence-corrected chi connectivity index (χ3v) is 3.52. The lowest BCUT2D eigenvalue weighted by Gasteiger charge is -2.30. The fourth-order valence-corrected chi connectivity index (χ4v) is 2.50. The Morgan fingerprint density at radius 2 is 2.06 bits per heavy atom. The number of aliphatic hydroxyl groups is 1. The summed E-state index contributed by atoms with van der Waals surface area (Å²) in [7, 11) is 0. The summed E-state index contributed by atoms with van der Waals surface area (Å²) in [6.45, 7) is 5.03. The minimum atomic E-state index is 0.175. The lowest BCUT2D eigenvalue weighted by molar-refractivity contribution is -0.133. The molecule has 92 valence electrons. The number of rotatable bonds is 3. The molecule has 1 unspecified atom stereocenters. The third-order valence-electron chi connectivity index (χ3n) is 3.52. The van der Waals surface area contributed by atoms with E-state index in [1.807, 2.05) is 4.90 Å². The molecule has 0 spiro atoms. The molecule has 2 fully saturated rings. The third kappa shape index (κ3) is 2.72. The smallest absolute Gasteiger partial charge is 0.236 e. The van der Waals surface area contributed by atoms with E-state index >= 15 is 0 Å². The molecule has 2 saturated heterocycles. The van der Waals surface area contributed by atoms with Gasteiger partial charge in [-0.15, -0.1) is 0 Å². The van der Waals surface area contributed by atoms with Gasteiger partial charge in [0.15, 0.2) is 0 Å². The summed E-state index contributed by atoms with van der Waals surface area (Å²) in [6, 6.07) is 0.201. The van der Waals surface area contributed by atoms with Crippen LogP contribution in [-0.2, 0) is 4.79 Å². The van der Waals surface area contributed by atoms with E-state index in [4.69, 9.17) is 0 Å². The Morgan fingerprint density at radius 1 is 1.31 bits per heavy atom. The fourth-order valence-electron chi connectivity index (χ4n) is 2.50. The molecule has 0 saturated carbocycles. The average Bonchev–Trinajstić information content (AvgIpc) is 2.77. The molecule has 1 amide bonds. The number of nitrogens with one attached hydrogen (secondary N) is 1. The number of carbonyl (C=O) groups excluding carboxylic acids is 1. The molecule has 5 nitrogen and oxygen atoms in total. The van der Waals surface area contributed by atoms with Gasteiger partial charge in [-0.1, -0.05) is 0 Å². The lowest BCUT2D eigenvalue weighted by Crippen LogP contribution is -2.50. The first-order valence-electron chi connectivity index (χ1n) is 6.14. The van der Waals surface area contributed by atoms with Crippen molar-refractivity contribution in [1.82, 2.24) is 15.1 Å². The molecule has 2 N–H and O–H groups in total. The maximum atomic E-state index is 12.0. The minimum absolute atomic E-state index is 0.175. The van der Waals surface area contributed by atoms with Gasteiger partial charge in [-0.3, -0.25) is 9.69 Å². The van der Waals surface area contributed by atoms with Crippen molar-refractivity contribution in [1.29, 1.82) is 0 Å². The van der Waals surface area contributed by atoms with Gasteiger partial charge in [-0.25, -0.2) is 0 Å². The van der Waals surface area contributed by atoms with Crippen LogP contribution in [0.25, 0.3) is 0 Å². The van der Waals surface area contributed by atoms with Crippen LogP contribution in [-0.4, -0.2) is 72.7 Å². The first-order valence-corrected chi connectivity index (χ1v) is 6.14. The van der Waals surface area contributed by atoms with Gasteiger partial charge < -0.3 is 15.3 Å². The first kappa shape index (κ1) is 11.8. The van der Waals surface area contributed by atoms with Crippen LogP contribution in [0.3, 0.4) is 0 Å². The summed E-state index contributed by atoms with van der Waals surface area (Å²) < 4.78 is 0. The van der Waals surface area contributed by atoms with Crippen molar-refractivity contribution in [2.75, 3.05) is 45.9 Å². The Balaban J connectivity index is 1.81. The highest BCUT2D eigenvalue weighted by Gasteiger charge is 2.27. The summed E-state index contributed by atoms with van der Waals surface area (Å²) in [5, 5.41) is 12.4. The number of hydrogen-bond donors (Lipinski definition) is 2. The van der Waals surface area contributed by atoms with E-state index in [9.17, 15) is 9.90 Å². The molecule has 5 heteroatoms. The molecule has 2 heterocycles. The molecular weight excluding hydrogens is 206 g/mol. The summed E-state index contributed by atoms with van der Waals surface area (Å²) in [6.07, 6.45) is 2.12. The van der Waals surface area contributed by atoms with E-state index in [0.29, 0.717) is 6.54 Å². The molecule has 0 aromatic rings. The maximum absolute atomic E-state index is 12.0. The van der Waals surface area contributed by atoms with E-state index in [0.717, 1.165) is 45.6 Å². The van der Waals surface area contributed by atoms with Crippen molar-refractivity contribution in [3.05, 3.63) is 0 Å². The minimum Gasteiger partial charge on any atom is -0.395 e. The zero-order valence-corrected chi connectivity index (χ0v) is 9.69. The summed E-state index contributed by atoms with van der Waals surface area (Å²) in [5.74, 6) is 0.210. The fraction of sp³-hybridized carbons (Fsp3) is 0.909. The largest absolute Gasteiger partial charge is 0.395 e. The molecular formula is C11H21N3O2. The number of aliphatic hydroxyl groups excluding tert-OH is 1. The molecule has 0 aliphatic carbocycles. The Morgan fingerprint density at radius 3 is 2.75 bits per heavy atom. The number of nitrogens with zero attached hydrogens (tertiary/aromatic N) is 2. The van der Waals surface area contributed by atoms with Crippen LogP contribution in [0, 0.1) is 0 Å². The van der Waals surface area contributed by atoms with Gasteiger partial charge in [0.25, 0.3) is 0 Å². The number of amides is 1. The van der Waals surface area contributed by atoms with E-state index in [1.165, 1.54) is 0 Å². The topological polar surface area (TPSA) is 55.8 Å². The van der Waals surface area contributed by atoms with Crippen LogP contribution in [0.15, 0.2) is 0 Å². The predicted molar refractivity (Wildman–Crippen MR) is 61.1 cm³/mol. The molecule has 0 aromatic heterocycles. The molecule has 2 aliphatic heterocycles. The van der Waals surface area contributed by atoms with Crippen molar-refractivity contribution < 1.29 is 9.90 Å². The van der Waals surface area contributed by atoms with Gasteiger partial charge in [-0.2, -0.15) is 0 Å². The van der Waals surface area contributed by atoms with Crippen LogP contribution in [0.2, 0.25) is 0 Å². The Hall–Kier alpha value is -0.650. The molecule has 0 radical (unpaired) electrons. The second-order valence-electron chi connectivity index (χ2n) is 4.58. The van der Waals surface area contributed by atoms with Crippen LogP contribution in [0.1, 0.15) is 12.8 Å². The second kappa shape index (κ2) is 5.61. The van der Waals surface area contributed by atoms with Crippen LogP contribution in [0.5, 0.6) is 0 Å². The SMILES string of the molecule is O=C(CN1CCCC1CO)N1CCNCC1. The summed E-state index contributed by atoms with van der Waals surface area (Å²) in [4.78, 5) is 16.0. The molecule has 1 atom stereocenters. The van der Waals surface area contributed by atoms with Gasteiger partial charge in [-0.05, 0) is 19.4 Å². The number of carbonyl (C=O) groups is 1. The molecule has 2 rings (SSSR count). The molecule has 0 bridgehead atoms. The quantitative estimate of drug-likeness (QED) is 0.641. The van der Waals surface area contributed by atoms with Gasteiger partial charge in [0, 0.05) is 32.2 Å². The van der Waals surface area contributed by atoms with E-state index in [1.54, 1.807) is 0 Å². The summed E-state index contributed by atoms with van der Waals surface area (Å²) >= 11 is 0. The van der Waals surface area contributed by atoms with E-state index < -0.39 is 0 Å². The van der Waals surface area contributed by atoms with Crippen molar-refractivity contribution in [3.63, 3.8) is 0 Å². The number of hydrogen-bond acceptors (Lipinski definition) is 4. The van der Waals surface area contributed by atoms with Crippen LogP contribution in [0.4, 0.5) is 0 Å². The maximum Gasteiger partial charge on any atom is 0.236 e. The second-order valence-corrected chi connectivity index (χ2v) is 4.58. The average molecular weight is 227 g/mol. The predicted octanol–water partition coefficient (Wildman–Crippen LogP) is -1.13. The summed E-state index contributed by atoms with van der Waals surface area (Å²) in [5.41, 5.74) is 0.